The fourth-order valence-corrected chi connectivity index (χ4v) is 4.91. The predicted molar refractivity (Wildman–Crippen MR) is 105 cm³/mol. The van der Waals surface area contributed by atoms with E-state index >= 15 is 0 Å². The molecular formula is C18H16ClN3O5S. The lowest BCUT2D eigenvalue weighted by molar-refractivity contribution is -0.119. The highest BCUT2D eigenvalue weighted by Crippen LogP contribution is 2.31. The van der Waals surface area contributed by atoms with E-state index < -0.39 is 33.7 Å². The summed E-state index contributed by atoms with van der Waals surface area (Å²) in [5.74, 6) is -2.97. The Morgan fingerprint density at radius 3 is 2.46 bits per heavy atom. The Kier molecular flexibility index (Phi) is 5.14. The molecule has 1 unspecified atom stereocenters. The van der Waals surface area contributed by atoms with Crippen molar-refractivity contribution >= 4 is 50.7 Å². The zero-order chi connectivity index (χ0) is 20.6. The molecule has 2 aromatic rings. The van der Waals surface area contributed by atoms with E-state index in [-0.39, 0.29) is 33.3 Å². The van der Waals surface area contributed by atoms with Crippen molar-refractivity contribution in [3.63, 3.8) is 0 Å². The molecule has 146 valence electrons. The van der Waals surface area contributed by atoms with Crippen LogP contribution in [-0.2, 0) is 14.8 Å². The summed E-state index contributed by atoms with van der Waals surface area (Å²) in [7, 11) is -3.82. The number of carbonyl (C=O) groups is 3. The van der Waals surface area contributed by atoms with Crippen molar-refractivity contribution in [3.8, 4) is 0 Å². The first-order valence-electron chi connectivity index (χ1n) is 8.18. The van der Waals surface area contributed by atoms with Gasteiger partial charge in [-0.2, -0.15) is 0 Å². The van der Waals surface area contributed by atoms with E-state index in [9.17, 15) is 22.8 Å². The Morgan fingerprint density at radius 1 is 1.18 bits per heavy atom. The molecule has 3 amide bonds. The Bertz CT molecular complexity index is 1100. The number of anilines is 2. The van der Waals surface area contributed by atoms with Gasteiger partial charge in [0.2, 0.25) is 15.9 Å². The van der Waals surface area contributed by atoms with Crippen LogP contribution in [0.15, 0.2) is 42.5 Å². The molecule has 0 aromatic heterocycles. The molecule has 0 bridgehead atoms. The van der Waals surface area contributed by atoms with Crippen LogP contribution in [0.5, 0.6) is 0 Å². The second-order valence-electron chi connectivity index (χ2n) is 6.31. The van der Waals surface area contributed by atoms with Crippen molar-refractivity contribution in [3.05, 3.63) is 58.6 Å². The highest BCUT2D eigenvalue weighted by molar-refractivity contribution is 7.94. The van der Waals surface area contributed by atoms with Gasteiger partial charge >= 0.3 is 0 Å². The Hall–Kier alpha value is -2.91. The molecular weight excluding hydrogens is 406 g/mol. The second kappa shape index (κ2) is 7.25. The van der Waals surface area contributed by atoms with Gasteiger partial charge in [0, 0.05) is 0 Å². The van der Waals surface area contributed by atoms with Crippen LogP contribution in [0, 0.1) is 5.92 Å². The Labute approximate surface area is 166 Å². The van der Waals surface area contributed by atoms with Crippen molar-refractivity contribution in [1.82, 2.24) is 0 Å². The minimum Gasteiger partial charge on any atom is -0.366 e. The SMILES string of the molecule is CC1CS(=O)(=O)N(c2ccc(Cl)c(C(=O)Nc3ccccc3C(N)=O)c2)C1=O. The number of nitrogens with zero attached hydrogens (tertiary/aromatic N) is 1. The largest absolute Gasteiger partial charge is 0.366 e. The van der Waals surface area contributed by atoms with E-state index in [1.165, 1.54) is 37.3 Å². The maximum absolute atomic E-state index is 12.7. The van der Waals surface area contributed by atoms with Crippen LogP contribution < -0.4 is 15.4 Å². The van der Waals surface area contributed by atoms with Gasteiger partial charge in [-0.15, -0.1) is 0 Å². The number of hydrogen-bond acceptors (Lipinski definition) is 5. The average Bonchev–Trinajstić information content (AvgIpc) is 2.83. The standard InChI is InChI=1S/C18H16ClN3O5S/c1-10-9-28(26,27)22(18(10)25)11-6-7-14(19)13(8-11)17(24)21-15-5-3-2-4-12(15)16(20)23/h2-8,10H,9H2,1H3,(H2,20,23)(H,21,24). The number of halogens is 1. The predicted octanol–water partition coefficient (Wildman–Crippen LogP) is 2.00. The first-order valence-corrected chi connectivity index (χ1v) is 10.2. The second-order valence-corrected chi connectivity index (χ2v) is 8.58. The highest BCUT2D eigenvalue weighted by atomic mass is 35.5. The van der Waals surface area contributed by atoms with Gasteiger partial charge in [-0.25, -0.2) is 12.7 Å². The molecule has 3 rings (SSSR count). The Morgan fingerprint density at radius 2 is 1.86 bits per heavy atom. The van der Waals surface area contributed by atoms with Crippen molar-refractivity contribution in [2.24, 2.45) is 11.7 Å². The van der Waals surface area contributed by atoms with Crippen LogP contribution in [0.2, 0.25) is 5.02 Å². The van der Waals surface area contributed by atoms with Gasteiger partial charge in [-0.3, -0.25) is 14.4 Å². The molecule has 0 saturated carbocycles. The van der Waals surface area contributed by atoms with Crippen LogP contribution in [-0.4, -0.2) is 31.9 Å². The highest BCUT2D eigenvalue weighted by Gasteiger charge is 2.42. The Balaban J connectivity index is 1.98. The van der Waals surface area contributed by atoms with Crippen molar-refractivity contribution in [2.45, 2.75) is 6.92 Å². The molecule has 1 atom stereocenters. The molecule has 28 heavy (non-hydrogen) atoms. The van der Waals surface area contributed by atoms with Crippen molar-refractivity contribution in [1.29, 1.82) is 0 Å². The van der Waals surface area contributed by atoms with Crippen LogP contribution >= 0.6 is 11.6 Å². The quantitative estimate of drug-likeness (QED) is 0.780. The van der Waals surface area contributed by atoms with Crippen LogP contribution in [0.25, 0.3) is 0 Å². The third-order valence-electron chi connectivity index (χ3n) is 4.23. The van der Waals surface area contributed by atoms with Gasteiger partial charge in [0.1, 0.15) is 0 Å². The normalized spacial score (nSPS) is 18.1. The molecule has 2 aromatic carbocycles. The van der Waals surface area contributed by atoms with E-state index in [0.29, 0.717) is 4.31 Å². The number of nitrogens with two attached hydrogens (primary N) is 1. The molecule has 1 aliphatic heterocycles. The minimum atomic E-state index is -3.82. The van der Waals surface area contributed by atoms with Crippen LogP contribution in [0.4, 0.5) is 11.4 Å². The number of primary amides is 1. The van der Waals surface area contributed by atoms with E-state index in [1.54, 1.807) is 12.1 Å². The number of carbonyl (C=O) groups excluding carboxylic acids is 3. The van der Waals surface area contributed by atoms with Crippen LogP contribution in [0.1, 0.15) is 27.6 Å². The van der Waals surface area contributed by atoms with Gasteiger partial charge in [-0.05, 0) is 30.3 Å². The molecule has 8 nitrogen and oxygen atoms in total. The summed E-state index contributed by atoms with van der Waals surface area (Å²) < 4.78 is 25.2. The fraction of sp³-hybridized carbons (Fsp3) is 0.167. The number of amides is 3. The maximum Gasteiger partial charge on any atom is 0.257 e. The topological polar surface area (TPSA) is 127 Å². The van der Waals surface area contributed by atoms with Gasteiger partial charge < -0.3 is 11.1 Å². The summed E-state index contributed by atoms with van der Waals surface area (Å²) in [6.07, 6.45) is 0. The number of rotatable bonds is 4. The molecule has 1 heterocycles. The summed E-state index contributed by atoms with van der Waals surface area (Å²) in [4.78, 5) is 36.5. The van der Waals surface area contributed by atoms with E-state index in [0.717, 1.165) is 0 Å². The summed E-state index contributed by atoms with van der Waals surface area (Å²) in [6.45, 7) is 1.52. The average molecular weight is 422 g/mol. The maximum atomic E-state index is 12.7. The summed E-state index contributed by atoms with van der Waals surface area (Å²) in [5.41, 5.74) is 5.55. The van der Waals surface area contributed by atoms with E-state index in [2.05, 4.69) is 5.32 Å². The van der Waals surface area contributed by atoms with Gasteiger partial charge in [0.05, 0.1) is 39.2 Å². The fourth-order valence-electron chi connectivity index (χ4n) is 2.90. The molecule has 1 saturated heterocycles. The zero-order valence-corrected chi connectivity index (χ0v) is 16.3. The lowest BCUT2D eigenvalue weighted by atomic mass is 10.1. The third kappa shape index (κ3) is 3.58. The van der Waals surface area contributed by atoms with Crippen LogP contribution in [0.3, 0.4) is 0 Å². The van der Waals surface area contributed by atoms with E-state index in [1.807, 2.05) is 0 Å². The van der Waals surface area contributed by atoms with Crippen molar-refractivity contribution in [2.75, 3.05) is 15.4 Å². The van der Waals surface area contributed by atoms with Gasteiger partial charge in [0.15, 0.2) is 0 Å². The first-order chi connectivity index (χ1) is 13.1. The monoisotopic (exact) mass is 421 g/mol. The van der Waals surface area contributed by atoms with Gasteiger partial charge in [0.25, 0.3) is 11.8 Å². The first kappa shape index (κ1) is 19.8. The molecule has 0 radical (unpaired) electrons. The molecule has 1 fully saturated rings. The van der Waals surface area contributed by atoms with E-state index in [4.69, 9.17) is 17.3 Å². The molecule has 10 heteroatoms. The smallest absolute Gasteiger partial charge is 0.257 e. The number of sulfonamides is 1. The third-order valence-corrected chi connectivity index (χ3v) is 6.43. The number of nitrogens with one attached hydrogen (secondary N) is 1. The molecule has 0 spiro atoms. The summed E-state index contributed by atoms with van der Waals surface area (Å²) >= 11 is 6.10. The lowest BCUT2D eigenvalue weighted by Crippen LogP contribution is -2.30. The van der Waals surface area contributed by atoms with Crippen molar-refractivity contribution < 1.29 is 22.8 Å². The molecule has 3 N–H and O–H groups in total. The zero-order valence-electron chi connectivity index (χ0n) is 14.7. The summed E-state index contributed by atoms with van der Waals surface area (Å²) in [6, 6.07) is 10.0. The minimum absolute atomic E-state index is 0.0205. The summed E-state index contributed by atoms with van der Waals surface area (Å²) in [5, 5.41) is 2.58. The molecule has 0 aliphatic carbocycles. The van der Waals surface area contributed by atoms with Gasteiger partial charge in [-0.1, -0.05) is 30.7 Å². The number of para-hydroxylation sites is 1. The number of hydrogen-bond donors (Lipinski definition) is 2. The lowest BCUT2D eigenvalue weighted by Gasteiger charge is -2.17. The number of benzene rings is 2. The molecule has 1 aliphatic rings.